The molecule has 9 heteroatoms. The summed E-state index contributed by atoms with van der Waals surface area (Å²) in [6, 6.07) is 10.6. The fraction of sp³-hybridized carbons (Fsp3) is 0.346. The number of para-hydroxylation sites is 1. The lowest BCUT2D eigenvalue weighted by atomic mass is 9.82. The molecule has 35 heavy (non-hydrogen) atoms. The second kappa shape index (κ2) is 8.92. The number of fused-ring (bicyclic) bond motifs is 2. The maximum absolute atomic E-state index is 12.1. The number of nitrogens with one attached hydrogen (secondary N) is 5. The summed E-state index contributed by atoms with van der Waals surface area (Å²) in [7, 11) is 0. The van der Waals surface area contributed by atoms with Crippen LogP contribution >= 0.6 is 0 Å². The molecular weight excluding hydrogens is 442 g/mol. The van der Waals surface area contributed by atoms with Gasteiger partial charge in [0.1, 0.15) is 5.82 Å². The Hall–Kier alpha value is -3.53. The number of furan rings is 1. The molecule has 0 bridgehead atoms. The van der Waals surface area contributed by atoms with Gasteiger partial charge in [-0.1, -0.05) is 26.0 Å². The van der Waals surface area contributed by atoms with Crippen LogP contribution in [0.4, 0.5) is 5.69 Å². The number of piperidine rings is 1. The summed E-state index contributed by atoms with van der Waals surface area (Å²) in [5, 5.41) is 6.60. The van der Waals surface area contributed by atoms with Crippen LogP contribution in [0.1, 0.15) is 43.7 Å². The molecule has 1 aromatic carbocycles. The first kappa shape index (κ1) is 22.0. The molecule has 2 aliphatic rings. The Balaban J connectivity index is 1.25. The van der Waals surface area contributed by atoms with E-state index in [1.807, 2.05) is 38.2 Å². The van der Waals surface area contributed by atoms with Crippen LogP contribution in [0.5, 0.6) is 0 Å². The molecule has 1 amide bonds. The highest BCUT2D eigenvalue weighted by molar-refractivity contribution is 5.92. The van der Waals surface area contributed by atoms with Crippen LogP contribution < -0.4 is 21.5 Å². The quantitative estimate of drug-likeness (QED) is 0.301. The molecule has 0 saturated carbocycles. The van der Waals surface area contributed by atoms with Crippen LogP contribution in [-0.4, -0.2) is 33.4 Å². The molecule has 2 aliphatic heterocycles. The Morgan fingerprint density at radius 3 is 2.94 bits per heavy atom. The number of H-pyrrole nitrogens is 1. The number of anilines is 1. The van der Waals surface area contributed by atoms with E-state index in [1.165, 1.54) is 0 Å². The third-order valence-corrected chi connectivity index (χ3v) is 7.07. The Labute approximate surface area is 203 Å². The lowest BCUT2D eigenvalue weighted by molar-refractivity contribution is -0.118. The van der Waals surface area contributed by atoms with Crippen molar-refractivity contribution in [2.45, 2.75) is 38.4 Å². The van der Waals surface area contributed by atoms with Gasteiger partial charge in [0, 0.05) is 47.8 Å². The number of hydrazine groups is 1. The molecule has 6 rings (SSSR count). The number of aromatic nitrogens is 3. The second-order valence-corrected chi connectivity index (χ2v) is 9.72. The molecule has 4 unspecified atom stereocenters. The number of nitrogens with zero attached hydrogens (tertiary/aromatic N) is 2. The van der Waals surface area contributed by atoms with Crippen molar-refractivity contribution < 1.29 is 9.21 Å². The van der Waals surface area contributed by atoms with Crippen molar-refractivity contribution in [3.05, 3.63) is 66.6 Å². The van der Waals surface area contributed by atoms with E-state index in [-0.39, 0.29) is 30.0 Å². The van der Waals surface area contributed by atoms with Gasteiger partial charge in [-0.2, -0.15) is 0 Å². The standard InChI is InChI=1S/C26H29N7O2/c1-14(2)26(34)29-17-8-16(10-27-11-17)21-9-19-22(12-28-21)32-33-24(19)25-30-20-5-3-4-18(23(20)31-25)15-6-7-35-13-15/h3-8,10-11,13-14,19,21-22,24,28,32-33H,9,12H2,1-2H3,(H,29,34)(H,30,31). The van der Waals surface area contributed by atoms with Crippen LogP contribution in [-0.2, 0) is 4.79 Å². The van der Waals surface area contributed by atoms with Gasteiger partial charge in [0.25, 0.3) is 0 Å². The molecular formula is C26H29N7O2. The summed E-state index contributed by atoms with van der Waals surface area (Å²) in [6.07, 6.45) is 7.92. The van der Waals surface area contributed by atoms with Gasteiger partial charge in [0.2, 0.25) is 5.91 Å². The topological polar surface area (TPSA) is 120 Å². The summed E-state index contributed by atoms with van der Waals surface area (Å²) in [5.41, 5.74) is 12.8. The molecule has 2 saturated heterocycles. The lowest BCUT2D eigenvalue weighted by Crippen LogP contribution is -2.46. The van der Waals surface area contributed by atoms with Crippen molar-refractivity contribution in [1.82, 2.24) is 31.1 Å². The van der Waals surface area contributed by atoms with Crippen molar-refractivity contribution in [2.75, 3.05) is 11.9 Å². The predicted octanol–water partition coefficient (Wildman–Crippen LogP) is 3.68. The van der Waals surface area contributed by atoms with E-state index in [4.69, 9.17) is 9.40 Å². The fourth-order valence-electron chi connectivity index (χ4n) is 5.15. The van der Waals surface area contributed by atoms with E-state index < -0.39 is 0 Å². The maximum Gasteiger partial charge on any atom is 0.226 e. The summed E-state index contributed by atoms with van der Waals surface area (Å²) in [5.74, 6) is 1.16. The zero-order valence-electron chi connectivity index (χ0n) is 19.7. The van der Waals surface area contributed by atoms with Crippen molar-refractivity contribution in [1.29, 1.82) is 0 Å². The van der Waals surface area contributed by atoms with Crippen LogP contribution in [0.2, 0.25) is 0 Å². The van der Waals surface area contributed by atoms with Crippen molar-refractivity contribution in [3.63, 3.8) is 0 Å². The lowest BCUT2D eigenvalue weighted by Gasteiger charge is -2.34. The van der Waals surface area contributed by atoms with Gasteiger partial charge in [-0.15, -0.1) is 0 Å². The predicted molar refractivity (Wildman–Crippen MR) is 133 cm³/mol. The molecule has 2 fully saturated rings. The van der Waals surface area contributed by atoms with Gasteiger partial charge < -0.3 is 20.0 Å². The number of hydrogen-bond donors (Lipinski definition) is 5. The number of carbonyl (C=O) groups is 1. The van der Waals surface area contributed by atoms with Gasteiger partial charge in [0.15, 0.2) is 0 Å². The number of benzene rings is 1. The number of hydrogen-bond acceptors (Lipinski definition) is 7. The summed E-state index contributed by atoms with van der Waals surface area (Å²) in [6.45, 7) is 4.58. The Bertz CT molecular complexity index is 1350. The smallest absolute Gasteiger partial charge is 0.226 e. The van der Waals surface area contributed by atoms with Crippen LogP contribution in [0.15, 0.2) is 59.7 Å². The SMILES string of the molecule is CC(C)C(=O)Nc1cncc(C2CC3C(CN2)NNC3c2nc3c(-c4ccoc4)cccc3[nH]2)c1. The molecule has 0 radical (unpaired) electrons. The van der Waals surface area contributed by atoms with Crippen molar-refractivity contribution in [3.8, 4) is 11.1 Å². The van der Waals surface area contributed by atoms with E-state index in [2.05, 4.69) is 43.6 Å². The highest BCUT2D eigenvalue weighted by Crippen LogP contribution is 2.39. The van der Waals surface area contributed by atoms with E-state index in [9.17, 15) is 4.79 Å². The van der Waals surface area contributed by atoms with Crippen LogP contribution in [0.25, 0.3) is 22.2 Å². The monoisotopic (exact) mass is 471 g/mol. The molecule has 180 valence electrons. The van der Waals surface area contributed by atoms with Gasteiger partial charge in [-0.25, -0.2) is 10.4 Å². The number of amides is 1. The third-order valence-electron chi connectivity index (χ3n) is 7.07. The van der Waals surface area contributed by atoms with Gasteiger partial charge >= 0.3 is 0 Å². The zero-order valence-corrected chi connectivity index (χ0v) is 19.7. The molecule has 5 heterocycles. The summed E-state index contributed by atoms with van der Waals surface area (Å²) in [4.78, 5) is 25.1. The Morgan fingerprint density at radius 2 is 2.11 bits per heavy atom. The second-order valence-electron chi connectivity index (χ2n) is 9.72. The number of pyridine rings is 1. The average molecular weight is 472 g/mol. The number of imidazole rings is 1. The first-order valence-corrected chi connectivity index (χ1v) is 12.1. The normalized spacial score (nSPS) is 24.1. The van der Waals surface area contributed by atoms with Gasteiger partial charge in [0.05, 0.1) is 41.5 Å². The molecule has 0 aliphatic carbocycles. The minimum absolute atomic E-state index is 0.00968. The van der Waals surface area contributed by atoms with Crippen LogP contribution in [0, 0.1) is 11.8 Å². The first-order chi connectivity index (χ1) is 17.1. The fourth-order valence-corrected chi connectivity index (χ4v) is 5.15. The molecule has 5 N–H and O–H groups in total. The molecule has 9 nitrogen and oxygen atoms in total. The Morgan fingerprint density at radius 1 is 1.20 bits per heavy atom. The highest BCUT2D eigenvalue weighted by atomic mass is 16.3. The largest absolute Gasteiger partial charge is 0.472 e. The number of rotatable bonds is 5. The maximum atomic E-state index is 12.1. The zero-order chi connectivity index (χ0) is 23.9. The minimum atomic E-state index is -0.0820. The molecule has 3 aromatic heterocycles. The minimum Gasteiger partial charge on any atom is -0.472 e. The van der Waals surface area contributed by atoms with Crippen LogP contribution in [0.3, 0.4) is 0 Å². The van der Waals surface area contributed by atoms with Gasteiger partial charge in [-0.05, 0) is 30.2 Å². The van der Waals surface area contributed by atoms with E-state index in [0.29, 0.717) is 5.92 Å². The average Bonchev–Trinajstić information content (AvgIpc) is 3.62. The first-order valence-electron chi connectivity index (χ1n) is 12.1. The van der Waals surface area contributed by atoms with E-state index >= 15 is 0 Å². The third kappa shape index (κ3) is 4.12. The number of carbonyl (C=O) groups excluding carboxylic acids is 1. The van der Waals surface area contributed by atoms with Crippen molar-refractivity contribution in [2.24, 2.45) is 11.8 Å². The Kier molecular flexibility index (Phi) is 5.60. The molecule has 0 spiro atoms. The summed E-state index contributed by atoms with van der Waals surface area (Å²) < 4.78 is 5.29. The number of aromatic amines is 1. The molecule has 4 aromatic rings. The van der Waals surface area contributed by atoms with Gasteiger partial charge in [-0.3, -0.25) is 15.2 Å². The molecule has 4 atom stereocenters. The van der Waals surface area contributed by atoms with E-state index in [1.54, 1.807) is 18.7 Å². The highest BCUT2D eigenvalue weighted by Gasteiger charge is 2.42. The van der Waals surface area contributed by atoms with Crippen molar-refractivity contribution >= 4 is 22.6 Å². The van der Waals surface area contributed by atoms with E-state index in [0.717, 1.165) is 52.2 Å². The summed E-state index contributed by atoms with van der Waals surface area (Å²) >= 11 is 0.